The van der Waals surface area contributed by atoms with E-state index in [9.17, 15) is 29.4 Å². The van der Waals surface area contributed by atoms with Crippen LogP contribution in [0.4, 0.5) is 0 Å². The molecule has 10 aliphatic rings. The molecule has 2 saturated heterocycles. The highest BCUT2D eigenvalue weighted by Gasteiger charge is 2.72. The van der Waals surface area contributed by atoms with Crippen molar-refractivity contribution in [1.29, 1.82) is 0 Å². The summed E-state index contributed by atoms with van der Waals surface area (Å²) in [5.74, 6) is -9.16. The molecule has 8 aliphatic carbocycles. The minimum atomic E-state index is -2.07. The van der Waals surface area contributed by atoms with Gasteiger partial charge in [0, 0.05) is 38.4 Å². The van der Waals surface area contributed by atoms with Crippen molar-refractivity contribution in [3.63, 3.8) is 0 Å². The third-order valence-corrected chi connectivity index (χ3v) is 48.5. The zero-order chi connectivity index (χ0) is 67.2. The van der Waals surface area contributed by atoms with Crippen LogP contribution in [0.5, 0.6) is 0 Å². The molecule has 24 unspecified atom stereocenters. The molecule has 10 fully saturated rings. The summed E-state index contributed by atoms with van der Waals surface area (Å²) >= 11 is 0. The molecule has 0 aromatic heterocycles. The van der Waals surface area contributed by atoms with Crippen molar-refractivity contribution < 1.29 is 71.9 Å². The number of carbonyl (C=O) groups is 7. The van der Waals surface area contributed by atoms with E-state index in [2.05, 4.69) is 40.0 Å². The third-order valence-electron chi connectivity index (χ3n) is 27.2. The van der Waals surface area contributed by atoms with E-state index in [0.29, 0.717) is 82.1 Å². The minimum absolute atomic E-state index is 0.0193. The van der Waals surface area contributed by atoms with Gasteiger partial charge in [-0.3, -0.25) is 33.6 Å². The van der Waals surface area contributed by atoms with Crippen LogP contribution in [0.15, 0.2) is 0 Å². The van der Waals surface area contributed by atoms with Crippen LogP contribution < -0.4 is 0 Å². The maximum Gasteiger partial charge on any atom is 0.317 e. The first-order valence-corrected chi connectivity index (χ1v) is 46.7. The molecule has 0 spiro atoms. The molecule has 8 bridgehead atoms. The average Bonchev–Trinajstić information content (AvgIpc) is 1.53. The van der Waals surface area contributed by atoms with E-state index in [1.807, 2.05) is 76.2 Å². The molecule has 2 heterocycles. The van der Waals surface area contributed by atoms with E-state index in [0.717, 1.165) is 32.1 Å². The Bertz CT molecular complexity index is 2700. The number of hydrogen-bond acceptors (Lipinski definition) is 14. The molecule has 517 valence electrons. The Morgan fingerprint density at radius 1 is 0.652 bits per heavy atom. The second-order valence-corrected chi connectivity index (χ2v) is 50.0. The fourth-order valence-corrected chi connectivity index (χ4v) is 49.3. The number of esters is 6. The molecule has 8 saturated carbocycles. The second-order valence-electron chi connectivity index (χ2n) is 35.4. The van der Waals surface area contributed by atoms with E-state index in [1.165, 1.54) is 22.7 Å². The van der Waals surface area contributed by atoms with Gasteiger partial charge in [-0.15, -0.1) is 0 Å². The van der Waals surface area contributed by atoms with Gasteiger partial charge in [0.05, 0.1) is 54.6 Å². The van der Waals surface area contributed by atoms with Crippen LogP contribution in [0.25, 0.3) is 0 Å². The predicted molar refractivity (Wildman–Crippen MR) is 359 cm³/mol. The van der Waals surface area contributed by atoms with E-state index < -0.39 is 113 Å². The maximum absolute atomic E-state index is 15.9. The Kier molecular flexibility index (Phi) is 21.6. The van der Waals surface area contributed by atoms with Crippen LogP contribution >= 0.6 is 0 Å². The van der Waals surface area contributed by atoms with Gasteiger partial charge in [-0.1, -0.05) is 72.5 Å². The van der Waals surface area contributed by atoms with Crippen LogP contribution in [-0.2, 0) is 61.7 Å². The lowest BCUT2D eigenvalue weighted by atomic mass is 9.54. The van der Waals surface area contributed by atoms with Gasteiger partial charge in [0.25, 0.3) is 0 Å². The predicted octanol–water partition coefficient (Wildman–Crippen LogP) is 13.3. The fraction of sp³-hybridized carbons (Fsp3) is 0.904. The molecule has 3 radical (unpaired) electrons. The number of ether oxygens (including phenoxy) is 5. The molecule has 2 aliphatic heterocycles. The molecule has 92 heavy (non-hydrogen) atoms. The van der Waals surface area contributed by atoms with E-state index in [-0.39, 0.29) is 123 Å². The number of carbonyl (C=O) groups excluding carboxylic acids is 6. The van der Waals surface area contributed by atoms with Gasteiger partial charge in [0.15, 0.2) is 8.32 Å². The molecule has 24 atom stereocenters. The third kappa shape index (κ3) is 14.3. The zero-order valence-electron chi connectivity index (χ0n) is 59.4. The normalized spacial score (nSPS) is 39.4. The van der Waals surface area contributed by atoms with Gasteiger partial charge in [0.1, 0.15) is 16.8 Å². The Morgan fingerprint density at radius 2 is 1.24 bits per heavy atom. The summed E-state index contributed by atoms with van der Waals surface area (Å²) in [6.07, 6.45) is 10.1. The summed E-state index contributed by atoms with van der Waals surface area (Å²) in [7, 11) is -3.45. The van der Waals surface area contributed by atoms with Crippen molar-refractivity contribution in [1.82, 2.24) is 0 Å². The first-order valence-electron chi connectivity index (χ1n) is 36.6. The van der Waals surface area contributed by atoms with Crippen LogP contribution in [-0.4, -0.2) is 123 Å². The maximum atomic E-state index is 15.9. The highest BCUT2D eigenvalue weighted by molar-refractivity contribution is 6.98. The van der Waals surface area contributed by atoms with Gasteiger partial charge < -0.3 is 38.3 Å². The first-order chi connectivity index (χ1) is 43.1. The number of aliphatic hydroxyl groups is 1. The second kappa shape index (κ2) is 27.5. The Hall–Kier alpha value is -2.72. The Balaban J connectivity index is 1.03. The van der Waals surface area contributed by atoms with Crippen LogP contribution in [0, 0.1) is 147 Å². The molecule has 0 amide bonds. The number of carboxylic acid groups (broad SMARTS) is 1. The van der Waals surface area contributed by atoms with Crippen molar-refractivity contribution in [3.05, 3.63) is 0 Å². The molecule has 0 aromatic rings. The molecule has 2 N–H and O–H groups in total. The van der Waals surface area contributed by atoms with E-state index in [4.69, 9.17) is 28.1 Å². The molecule has 10 rings (SSSR count). The first kappa shape index (κ1) is 72.0. The number of cyclic esters (lactones) is 2. The van der Waals surface area contributed by atoms with Crippen molar-refractivity contribution in [3.8, 4) is 0 Å². The summed E-state index contributed by atoms with van der Waals surface area (Å²) in [6.45, 7) is 36.3. The van der Waals surface area contributed by atoms with Gasteiger partial charge in [0.2, 0.25) is 0 Å². The Morgan fingerprint density at radius 3 is 1.80 bits per heavy atom. The molecule has 15 nitrogen and oxygen atoms in total. The van der Waals surface area contributed by atoms with Crippen molar-refractivity contribution in [2.75, 3.05) is 19.8 Å². The molecule has 0 aromatic carbocycles. The number of hydrogen-bond donors (Lipinski definition) is 2. The average molecular weight is 1350 g/mol. The number of aliphatic hydroxyl groups excluding tert-OH is 1. The van der Waals surface area contributed by atoms with Crippen molar-refractivity contribution in [2.45, 2.75) is 246 Å². The summed E-state index contributed by atoms with van der Waals surface area (Å²) < 4.78 is 39.0. The lowest BCUT2D eigenvalue weighted by Crippen LogP contribution is -2.51. The number of aliphatic carboxylic acids is 1. The van der Waals surface area contributed by atoms with E-state index in [1.54, 1.807) is 0 Å². The van der Waals surface area contributed by atoms with E-state index >= 15 is 14.4 Å². The van der Waals surface area contributed by atoms with Gasteiger partial charge in [-0.2, -0.15) is 0 Å². The van der Waals surface area contributed by atoms with Gasteiger partial charge in [-0.05, 0) is 257 Å². The standard InChI is InChI=1S/C73H119O15Si4/c1-18-39(4)64(77)87-71(10,11)23-24-72(12,13)88-66(79)53(54-40(5)42-21-22-43(54)25-42)31-50-48-27-44(26-46(48)32-84-92(17)37-90(15)35-89(14)36-91(16)38-92)56(50)61-62(69(82)85-68(61)81)58-49-28-45(29-51(49)65(78)86-70(7,8)9)57(58)55-41(6)47-30-52(55)60(59(47)63(75)76)67(80)83-34-73(19-2,20-3)33-74/h39-62,74H,18-38H2,1-17H3,(H,75,76). The SMILES string of the molecule is CCC(C)C(=O)OC(C)(C)CCC(C)(C)OC(=O)C(CC1C2CC(CC2CO[Si]2(C)C[Si](C)C[Si](C)C[Si](C)C2)C1C1C(=O)OC(=O)C1C1C2CC(CC2C(=O)OC(C)(C)C)C1C1C(C)C2CC1C(C(=O)OCC(CC)(CC)CO)C2C(=O)O)C1C2CCC(C2)C1C. The van der Waals surface area contributed by atoms with Crippen molar-refractivity contribution in [2.24, 2.45) is 147 Å². The largest absolute Gasteiger partial charge is 0.481 e. The number of carboxylic acids is 1. The summed E-state index contributed by atoms with van der Waals surface area (Å²) in [5, 5.41) is 21.5. The topological polar surface area (TPSA) is 215 Å². The molecular weight excluding hydrogens is 1230 g/mol. The highest BCUT2D eigenvalue weighted by atomic mass is 28.4. The highest BCUT2D eigenvalue weighted by Crippen LogP contribution is 2.72. The minimum Gasteiger partial charge on any atom is -0.481 e. The van der Waals surface area contributed by atoms with Gasteiger partial charge in [-0.25, -0.2) is 0 Å². The summed E-state index contributed by atoms with van der Waals surface area (Å²) in [5.41, 5.74) is 2.31. The van der Waals surface area contributed by atoms with Crippen molar-refractivity contribution >= 4 is 76.5 Å². The quantitative estimate of drug-likeness (QED) is 0.0376. The van der Waals surface area contributed by atoms with Crippen LogP contribution in [0.3, 0.4) is 0 Å². The summed E-state index contributed by atoms with van der Waals surface area (Å²) in [6, 6.07) is 0. The lowest BCUT2D eigenvalue weighted by molar-refractivity contribution is -0.172. The Labute approximate surface area is 558 Å². The van der Waals surface area contributed by atoms with Crippen LogP contribution in [0.1, 0.15) is 180 Å². The van der Waals surface area contributed by atoms with Crippen LogP contribution in [0.2, 0.25) is 48.9 Å². The summed E-state index contributed by atoms with van der Waals surface area (Å²) in [4.78, 5) is 103. The molecule has 19 heteroatoms. The number of fused-ring (bicyclic) bond motifs is 8. The smallest absolute Gasteiger partial charge is 0.317 e. The monoisotopic (exact) mass is 1350 g/mol. The number of rotatable bonds is 25. The fourth-order valence-electron chi connectivity index (χ4n) is 22.9. The van der Waals surface area contributed by atoms with Gasteiger partial charge >= 0.3 is 41.8 Å². The molecular formula is C73H119O15Si4. The lowest BCUT2D eigenvalue weighted by Gasteiger charge is -2.49. The zero-order valence-corrected chi connectivity index (χ0v) is 63.4.